The van der Waals surface area contributed by atoms with Crippen molar-refractivity contribution >= 4 is 63.2 Å². The summed E-state index contributed by atoms with van der Waals surface area (Å²) in [6.45, 7) is 12.5. The minimum atomic E-state index is -2.68. The Kier molecular flexibility index (Phi) is 9.05. The fraction of sp³-hybridized carbons (Fsp3) is 0.484. The van der Waals surface area contributed by atoms with Gasteiger partial charge in [0, 0.05) is 81.0 Å². The second-order valence-corrected chi connectivity index (χ2v) is 15.9. The molecular weight excluding hydrogens is 593 g/mol. The van der Waals surface area contributed by atoms with Crippen molar-refractivity contribution < 1.29 is 9.30 Å². The van der Waals surface area contributed by atoms with Gasteiger partial charge in [-0.25, -0.2) is 0 Å². The van der Waals surface area contributed by atoms with Gasteiger partial charge in [-0.2, -0.15) is 9.36 Å². The summed E-state index contributed by atoms with van der Waals surface area (Å²) in [5, 5.41) is 7.95. The van der Waals surface area contributed by atoms with E-state index in [0.29, 0.717) is 39.1 Å². The van der Waals surface area contributed by atoms with Crippen molar-refractivity contribution in [3.63, 3.8) is 0 Å². The average molecular weight is 636 g/mol. The van der Waals surface area contributed by atoms with Gasteiger partial charge in [0.05, 0.1) is 29.3 Å². The van der Waals surface area contributed by atoms with Gasteiger partial charge in [0.1, 0.15) is 18.4 Å². The van der Waals surface area contributed by atoms with E-state index in [-0.39, 0.29) is 0 Å². The quantitative estimate of drug-likeness (QED) is 0.242. The Hall–Kier alpha value is -3.31. The maximum Gasteiger partial charge on any atom is 0.241 e. The van der Waals surface area contributed by atoms with Crippen molar-refractivity contribution in [1.29, 1.82) is 0 Å². The number of likely N-dealkylation sites (N-methyl/N-ethyl adjacent to an activating group) is 1. The van der Waals surface area contributed by atoms with E-state index >= 15 is 0 Å². The summed E-state index contributed by atoms with van der Waals surface area (Å²) >= 11 is 1.23. The lowest BCUT2D eigenvalue weighted by atomic mass is 9.99. The number of piperazine rings is 1. The molecule has 2 saturated heterocycles. The molecule has 0 amide bonds. The summed E-state index contributed by atoms with van der Waals surface area (Å²) in [5.74, 6) is 1.23. The Labute approximate surface area is 263 Å². The number of aryl methyl sites for hydroxylation is 1. The van der Waals surface area contributed by atoms with Crippen LogP contribution in [0.1, 0.15) is 25.3 Å². The summed E-state index contributed by atoms with van der Waals surface area (Å²) in [5.41, 5.74) is 5.38. The van der Waals surface area contributed by atoms with E-state index in [1.54, 1.807) is 32.8 Å². The highest BCUT2D eigenvalue weighted by Crippen LogP contribution is 2.41. The van der Waals surface area contributed by atoms with Crippen LogP contribution in [-0.2, 0) is 11.0 Å². The molecule has 4 aromatic rings. The summed E-state index contributed by atoms with van der Waals surface area (Å²) in [6, 6.07) is 8.75. The molecule has 2 aromatic carbocycles. The number of rotatable bonds is 9. The van der Waals surface area contributed by atoms with Crippen LogP contribution in [0.4, 0.5) is 28.1 Å². The number of fused-ring (bicyclic) bond motifs is 1. The lowest BCUT2D eigenvalue weighted by molar-refractivity contribution is 0.0982. The second-order valence-electron chi connectivity index (χ2n) is 12.0. The van der Waals surface area contributed by atoms with Gasteiger partial charge < -0.3 is 29.7 Å². The number of anilines is 5. The fourth-order valence-corrected chi connectivity index (χ4v) is 8.28. The molecule has 0 bridgehead atoms. The predicted molar refractivity (Wildman–Crippen MR) is 182 cm³/mol. The number of hydrogen-bond acceptors (Lipinski definition) is 12. The summed E-state index contributed by atoms with van der Waals surface area (Å²) in [7, 11) is 1.23. The van der Waals surface area contributed by atoms with Crippen LogP contribution >= 0.6 is 18.7 Å². The molecule has 2 N–H and O–H groups in total. The van der Waals surface area contributed by atoms with Crippen LogP contribution in [0.3, 0.4) is 0 Å². The Morgan fingerprint density at radius 1 is 1.00 bits per heavy atom. The van der Waals surface area contributed by atoms with E-state index in [4.69, 9.17) is 9.72 Å². The second kappa shape index (κ2) is 13.0. The molecule has 0 saturated carbocycles. The van der Waals surface area contributed by atoms with Gasteiger partial charge in [-0.3, -0.25) is 14.9 Å². The molecule has 11 nitrogen and oxygen atoms in total. The van der Waals surface area contributed by atoms with Crippen LogP contribution in [0, 0.1) is 0 Å². The number of methoxy groups -OCH3 is 1. The molecule has 234 valence electrons. The van der Waals surface area contributed by atoms with Gasteiger partial charge >= 0.3 is 0 Å². The van der Waals surface area contributed by atoms with E-state index in [1.165, 1.54) is 48.7 Å². The lowest BCUT2D eigenvalue weighted by Crippen LogP contribution is -2.52. The number of benzene rings is 2. The van der Waals surface area contributed by atoms with Crippen LogP contribution in [0.25, 0.3) is 11.0 Å². The van der Waals surface area contributed by atoms with E-state index in [9.17, 15) is 4.57 Å². The Morgan fingerprint density at radius 2 is 1.75 bits per heavy atom. The number of nitrogens with zero attached hydrogens (tertiary/aromatic N) is 7. The zero-order valence-corrected chi connectivity index (χ0v) is 27.9. The largest absolute Gasteiger partial charge is 0.494 e. The first-order valence-electron chi connectivity index (χ1n) is 15.3. The molecule has 2 aromatic heterocycles. The predicted octanol–water partition coefficient (Wildman–Crippen LogP) is 5.00. The number of nitrogens with one attached hydrogen (secondary N) is 2. The first-order valence-corrected chi connectivity index (χ1v) is 18.7. The van der Waals surface area contributed by atoms with Crippen LogP contribution in [0.5, 0.6) is 5.75 Å². The van der Waals surface area contributed by atoms with Crippen LogP contribution < -0.4 is 25.6 Å². The molecule has 6 rings (SSSR count). The monoisotopic (exact) mass is 635 g/mol. The smallest absolute Gasteiger partial charge is 0.241 e. The first kappa shape index (κ1) is 30.7. The van der Waals surface area contributed by atoms with Crippen molar-refractivity contribution in [3.8, 4) is 5.75 Å². The molecule has 13 heteroatoms. The van der Waals surface area contributed by atoms with Gasteiger partial charge in [-0.1, -0.05) is 6.92 Å². The van der Waals surface area contributed by atoms with Gasteiger partial charge in [0.2, 0.25) is 11.1 Å². The fourth-order valence-electron chi connectivity index (χ4n) is 6.35. The average Bonchev–Trinajstić information content (AvgIpc) is 3.47. The normalized spacial score (nSPS) is 17.2. The van der Waals surface area contributed by atoms with Gasteiger partial charge in [0.25, 0.3) is 0 Å². The number of piperidine rings is 1. The molecule has 2 fully saturated rings. The highest BCUT2D eigenvalue weighted by Gasteiger charge is 2.28. The standard InChI is InChI=1S/C31H42N9O2PS/c1-6-21-19-25(27(42-3)20-26(21)40-13-9-22(10-14-40)39-17-15-38(2)16-18-39)34-30-36-31(44-37-30)35-24-8-7-23-28(33-12-11-32-23)29(24)43(4,5)41/h7-8,11-12,19-20,22H,6,9-10,13-18H2,1-5H3,(H2,34,35,36,37). The highest BCUT2D eigenvalue weighted by molar-refractivity contribution is 7.71. The molecule has 0 atom stereocenters. The molecule has 0 radical (unpaired) electrons. The van der Waals surface area contributed by atoms with Crippen molar-refractivity contribution in [1.82, 2.24) is 29.1 Å². The maximum absolute atomic E-state index is 13.3. The zero-order valence-electron chi connectivity index (χ0n) is 26.2. The number of ether oxygens (including phenoxy) is 1. The first-order chi connectivity index (χ1) is 21.2. The summed E-state index contributed by atoms with van der Waals surface area (Å²) < 4.78 is 23.7. The summed E-state index contributed by atoms with van der Waals surface area (Å²) in [4.78, 5) is 21.2. The molecule has 2 aliphatic rings. The minimum Gasteiger partial charge on any atom is -0.494 e. The van der Waals surface area contributed by atoms with Crippen LogP contribution in [0.15, 0.2) is 36.7 Å². The topological polar surface area (TPSA) is 112 Å². The zero-order chi connectivity index (χ0) is 30.8. The third-order valence-electron chi connectivity index (χ3n) is 8.71. The highest BCUT2D eigenvalue weighted by atomic mass is 32.1. The van der Waals surface area contributed by atoms with Crippen molar-refractivity contribution in [2.75, 3.05) is 82.3 Å². The molecular formula is C31H42N9O2PS. The van der Waals surface area contributed by atoms with Gasteiger partial charge in [-0.05, 0) is 63.4 Å². The molecule has 4 heterocycles. The molecule has 0 unspecified atom stereocenters. The SMILES string of the molecule is CCc1cc(Nc2nsc(Nc3ccc4nccnc4c3P(C)(C)=O)n2)c(OC)cc1N1CCC(N2CCN(C)CC2)CC1. The molecule has 0 aliphatic carbocycles. The third kappa shape index (κ3) is 6.54. The van der Waals surface area contributed by atoms with E-state index in [1.807, 2.05) is 12.1 Å². The van der Waals surface area contributed by atoms with E-state index in [0.717, 1.165) is 44.0 Å². The molecule has 0 spiro atoms. The van der Waals surface area contributed by atoms with Crippen molar-refractivity contribution in [3.05, 3.63) is 42.2 Å². The number of hydrogen-bond donors (Lipinski definition) is 2. The minimum absolute atomic E-state index is 0.469. The molecule has 2 aliphatic heterocycles. The lowest BCUT2D eigenvalue weighted by Gasteiger charge is -2.43. The molecule has 44 heavy (non-hydrogen) atoms. The van der Waals surface area contributed by atoms with E-state index in [2.05, 4.69) is 65.8 Å². The third-order valence-corrected chi connectivity index (χ3v) is 10.9. The van der Waals surface area contributed by atoms with E-state index < -0.39 is 7.14 Å². The van der Waals surface area contributed by atoms with Gasteiger partial charge in [-0.15, -0.1) is 0 Å². The van der Waals surface area contributed by atoms with Crippen molar-refractivity contribution in [2.24, 2.45) is 0 Å². The number of aromatic nitrogens is 4. The maximum atomic E-state index is 13.3. The Morgan fingerprint density at radius 3 is 2.45 bits per heavy atom. The van der Waals surface area contributed by atoms with Gasteiger partial charge in [0.15, 0.2) is 0 Å². The Balaban J connectivity index is 1.18. The van der Waals surface area contributed by atoms with Crippen molar-refractivity contribution in [2.45, 2.75) is 32.2 Å². The Bertz CT molecular complexity index is 1660. The van der Waals surface area contributed by atoms with Crippen LogP contribution in [0.2, 0.25) is 0 Å². The van der Waals surface area contributed by atoms with Crippen LogP contribution in [-0.4, -0.2) is 102 Å². The summed E-state index contributed by atoms with van der Waals surface area (Å²) in [6.07, 6.45) is 6.54.